The van der Waals surface area contributed by atoms with Crippen LogP contribution in [0.4, 0.5) is 5.69 Å². The highest BCUT2D eigenvalue weighted by atomic mass is 127. The maximum atomic E-state index is 12.6. The molecule has 1 aromatic carbocycles. The third kappa shape index (κ3) is 8.89. The van der Waals surface area contributed by atoms with Crippen LogP contribution in [-0.2, 0) is 16.1 Å². The summed E-state index contributed by atoms with van der Waals surface area (Å²) in [5.41, 5.74) is 1.98. The van der Waals surface area contributed by atoms with Gasteiger partial charge in [0.25, 0.3) is 0 Å². The molecule has 1 saturated carbocycles. The summed E-state index contributed by atoms with van der Waals surface area (Å²) in [4.78, 5) is 19.6. The highest BCUT2D eigenvalue weighted by Crippen LogP contribution is 2.25. The van der Waals surface area contributed by atoms with Crippen molar-refractivity contribution >= 4 is 41.5 Å². The molecule has 2 aliphatic rings. The van der Waals surface area contributed by atoms with Crippen molar-refractivity contribution in [3.8, 4) is 0 Å². The molecule has 0 radical (unpaired) electrons. The Hall–Kier alpha value is -1.35. The van der Waals surface area contributed by atoms with Crippen LogP contribution in [0.25, 0.3) is 0 Å². The third-order valence-electron chi connectivity index (χ3n) is 6.49. The van der Waals surface area contributed by atoms with E-state index < -0.39 is 0 Å². The average molecular weight is 557 g/mol. The first-order valence-corrected chi connectivity index (χ1v) is 12.1. The van der Waals surface area contributed by atoms with Crippen LogP contribution >= 0.6 is 24.0 Å². The molecular formula is C25H41IN4O2. The lowest BCUT2D eigenvalue weighted by Gasteiger charge is -2.27. The zero-order chi connectivity index (χ0) is 21.9. The van der Waals surface area contributed by atoms with Gasteiger partial charge in [-0.2, -0.15) is 0 Å². The summed E-state index contributed by atoms with van der Waals surface area (Å²) in [7, 11) is 2.11. The summed E-state index contributed by atoms with van der Waals surface area (Å²) in [6.45, 7) is 6.33. The van der Waals surface area contributed by atoms with E-state index in [1.54, 1.807) is 0 Å². The van der Waals surface area contributed by atoms with Gasteiger partial charge in [-0.3, -0.25) is 4.79 Å². The molecule has 1 heterocycles. The van der Waals surface area contributed by atoms with Gasteiger partial charge in [0, 0.05) is 45.0 Å². The Morgan fingerprint density at radius 1 is 1.16 bits per heavy atom. The van der Waals surface area contributed by atoms with Crippen LogP contribution < -0.4 is 10.6 Å². The van der Waals surface area contributed by atoms with E-state index in [0.29, 0.717) is 6.54 Å². The summed E-state index contributed by atoms with van der Waals surface area (Å²) in [6.07, 6.45) is 9.14. The fourth-order valence-electron chi connectivity index (χ4n) is 4.51. The minimum Gasteiger partial charge on any atom is -0.381 e. The Bertz CT molecular complexity index is 716. The zero-order valence-electron chi connectivity index (χ0n) is 19.8. The Morgan fingerprint density at radius 3 is 2.62 bits per heavy atom. The summed E-state index contributed by atoms with van der Waals surface area (Å²) in [6, 6.07) is 8.10. The molecule has 0 unspecified atom stereocenters. The van der Waals surface area contributed by atoms with Gasteiger partial charge >= 0.3 is 0 Å². The normalized spacial score (nSPS) is 18.0. The largest absolute Gasteiger partial charge is 0.381 e. The van der Waals surface area contributed by atoms with Crippen molar-refractivity contribution in [1.82, 2.24) is 10.2 Å². The number of hydrogen-bond acceptors (Lipinski definition) is 3. The van der Waals surface area contributed by atoms with Crippen LogP contribution in [0, 0.1) is 11.8 Å². The molecule has 1 aliphatic heterocycles. The van der Waals surface area contributed by atoms with Crippen molar-refractivity contribution in [2.75, 3.05) is 38.7 Å². The fraction of sp³-hybridized carbons (Fsp3) is 0.680. The molecule has 1 saturated heterocycles. The second kappa shape index (κ2) is 14.7. The van der Waals surface area contributed by atoms with Gasteiger partial charge in [-0.15, -0.1) is 24.0 Å². The van der Waals surface area contributed by atoms with Crippen molar-refractivity contribution in [1.29, 1.82) is 0 Å². The molecule has 6 nitrogen and oxygen atoms in total. The first-order chi connectivity index (χ1) is 15.2. The van der Waals surface area contributed by atoms with Gasteiger partial charge in [-0.05, 0) is 62.6 Å². The number of aliphatic imine (C=N–C) groups is 1. The van der Waals surface area contributed by atoms with Gasteiger partial charge in [0.05, 0.1) is 6.54 Å². The highest BCUT2D eigenvalue weighted by Gasteiger charge is 2.21. The van der Waals surface area contributed by atoms with E-state index in [1.165, 1.54) is 38.5 Å². The molecule has 1 aromatic rings. The number of carbonyl (C=O) groups excluding carboxylic acids is 1. The lowest BCUT2D eigenvalue weighted by atomic mass is 9.88. The quantitative estimate of drug-likeness (QED) is 0.268. The Labute approximate surface area is 211 Å². The molecular weight excluding hydrogens is 515 g/mol. The maximum absolute atomic E-state index is 12.6. The number of nitrogens with zero attached hydrogens (tertiary/aromatic N) is 2. The molecule has 3 rings (SSSR count). The predicted molar refractivity (Wildman–Crippen MR) is 143 cm³/mol. The number of hydrogen-bond donors (Lipinski definition) is 2. The van der Waals surface area contributed by atoms with Crippen LogP contribution in [0.15, 0.2) is 29.3 Å². The molecule has 0 bridgehead atoms. The minimum absolute atomic E-state index is 0. The van der Waals surface area contributed by atoms with E-state index in [9.17, 15) is 4.79 Å². The van der Waals surface area contributed by atoms with E-state index >= 15 is 0 Å². The van der Waals surface area contributed by atoms with E-state index in [1.807, 2.05) is 12.1 Å². The molecule has 180 valence electrons. The number of carbonyl (C=O) groups is 1. The van der Waals surface area contributed by atoms with Crippen molar-refractivity contribution in [3.05, 3.63) is 29.8 Å². The highest BCUT2D eigenvalue weighted by molar-refractivity contribution is 14.0. The van der Waals surface area contributed by atoms with Crippen LogP contribution in [0.5, 0.6) is 0 Å². The lowest BCUT2D eigenvalue weighted by Crippen LogP contribution is -2.40. The van der Waals surface area contributed by atoms with E-state index in [4.69, 9.17) is 9.73 Å². The number of benzene rings is 1. The molecule has 0 spiro atoms. The lowest BCUT2D eigenvalue weighted by molar-refractivity contribution is -0.120. The van der Waals surface area contributed by atoms with Crippen LogP contribution in [0.1, 0.15) is 63.9 Å². The molecule has 7 heteroatoms. The molecule has 1 amide bonds. The Morgan fingerprint density at radius 2 is 1.91 bits per heavy atom. The van der Waals surface area contributed by atoms with Gasteiger partial charge in [-0.25, -0.2) is 4.99 Å². The van der Waals surface area contributed by atoms with Gasteiger partial charge in [0.15, 0.2) is 5.96 Å². The van der Waals surface area contributed by atoms with Crippen LogP contribution in [-0.4, -0.2) is 50.1 Å². The number of nitrogens with one attached hydrogen (secondary N) is 2. The Kier molecular flexibility index (Phi) is 12.4. The van der Waals surface area contributed by atoms with Gasteiger partial charge in [0.2, 0.25) is 5.91 Å². The zero-order valence-corrected chi connectivity index (χ0v) is 22.1. The molecule has 0 aromatic heterocycles. The van der Waals surface area contributed by atoms with Gasteiger partial charge in [0.1, 0.15) is 0 Å². The maximum Gasteiger partial charge on any atom is 0.227 e. The fourth-order valence-corrected chi connectivity index (χ4v) is 4.51. The predicted octanol–water partition coefficient (Wildman–Crippen LogP) is 5.04. The van der Waals surface area contributed by atoms with Crippen molar-refractivity contribution in [2.45, 2.75) is 64.8 Å². The van der Waals surface area contributed by atoms with Crippen molar-refractivity contribution < 1.29 is 9.53 Å². The van der Waals surface area contributed by atoms with E-state index in [-0.39, 0.29) is 35.8 Å². The number of amides is 1. The third-order valence-corrected chi connectivity index (χ3v) is 6.49. The smallest absolute Gasteiger partial charge is 0.227 e. The minimum atomic E-state index is 0. The average Bonchev–Trinajstić information content (AvgIpc) is 2.81. The topological polar surface area (TPSA) is 66.0 Å². The number of rotatable bonds is 8. The molecule has 0 atom stereocenters. The second-order valence-electron chi connectivity index (χ2n) is 8.96. The standard InChI is InChI=1S/C25H40N4O2.HI/c1-3-26-25(29(2)15-12-20-13-16-31-17-14-20)27-19-21-8-7-11-23(18-21)28-24(30)22-9-5-4-6-10-22;/h7-8,11,18,20,22H,3-6,9-10,12-17,19H2,1-2H3,(H,26,27)(H,28,30);1H. The summed E-state index contributed by atoms with van der Waals surface area (Å²) in [5, 5.41) is 6.53. The number of halogens is 1. The molecule has 32 heavy (non-hydrogen) atoms. The monoisotopic (exact) mass is 556 g/mol. The molecule has 2 fully saturated rings. The van der Waals surface area contributed by atoms with E-state index in [2.05, 4.69) is 41.6 Å². The summed E-state index contributed by atoms with van der Waals surface area (Å²) < 4.78 is 5.47. The second-order valence-corrected chi connectivity index (χ2v) is 8.96. The van der Waals surface area contributed by atoms with Gasteiger partial charge in [-0.1, -0.05) is 31.4 Å². The summed E-state index contributed by atoms with van der Waals surface area (Å²) >= 11 is 0. The number of anilines is 1. The first kappa shape index (κ1) is 26.9. The first-order valence-electron chi connectivity index (χ1n) is 12.1. The molecule has 1 aliphatic carbocycles. The SMILES string of the molecule is CCNC(=NCc1cccc(NC(=O)C2CCCCC2)c1)N(C)CCC1CCOCC1.I. The van der Waals surface area contributed by atoms with Crippen LogP contribution in [0.2, 0.25) is 0 Å². The number of guanidine groups is 1. The molecule has 2 N–H and O–H groups in total. The van der Waals surface area contributed by atoms with Gasteiger partial charge < -0.3 is 20.3 Å². The van der Waals surface area contributed by atoms with Crippen molar-refractivity contribution in [2.24, 2.45) is 16.8 Å². The Balaban J connectivity index is 0.00000363. The van der Waals surface area contributed by atoms with Crippen LogP contribution in [0.3, 0.4) is 0 Å². The van der Waals surface area contributed by atoms with E-state index in [0.717, 1.165) is 62.3 Å². The van der Waals surface area contributed by atoms with Crippen molar-refractivity contribution in [3.63, 3.8) is 0 Å². The number of ether oxygens (including phenoxy) is 1. The summed E-state index contributed by atoms with van der Waals surface area (Å²) in [5.74, 6) is 2.02.